The van der Waals surface area contributed by atoms with Crippen LogP contribution in [0.1, 0.15) is 56.0 Å². The van der Waals surface area contributed by atoms with Gasteiger partial charge in [-0.1, -0.05) is 74.5 Å². The van der Waals surface area contributed by atoms with Crippen molar-refractivity contribution in [1.82, 2.24) is 19.7 Å². The molecule has 7 heteroatoms. The van der Waals surface area contributed by atoms with Crippen LogP contribution in [0.25, 0.3) is 0 Å². The molecule has 174 valence electrons. The molecule has 0 aliphatic carbocycles. The summed E-state index contributed by atoms with van der Waals surface area (Å²) in [7, 11) is 0. The lowest BCUT2D eigenvalue weighted by Gasteiger charge is -2.26. The molecule has 0 atom stereocenters. The molecular weight excluding hydrogens is 430 g/mol. The number of nitrogens with zero attached hydrogens (tertiary/aromatic N) is 4. The molecule has 1 fully saturated rings. The van der Waals surface area contributed by atoms with Gasteiger partial charge in [0.2, 0.25) is 5.91 Å². The molecule has 2 heterocycles. The molecule has 0 bridgehead atoms. The van der Waals surface area contributed by atoms with Crippen molar-refractivity contribution < 1.29 is 4.79 Å². The maximum Gasteiger partial charge on any atom is 0.234 e. The van der Waals surface area contributed by atoms with E-state index in [0.29, 0.717) is 18.2 Å². The number of carbonyl (C=O) groups excluding carboxylic acids is 1. The Labute approximate surface area is 200 Å². The van der Waals surface area contributed by atoms with Crippen molar-refractivity contribution >= 4 is 23.4 Å². The molecule has 1 aliphatic heterocycles. The highest BCUT2D eigenvalue weighted by Gasteiger charge is 2.18. The summed E-state index contributed by atoms with van der Waals surface area (Å²) in [5.74, 6) is 1.69. The Kier molecular flexibility index (Phi) is 8.18. The first-order valence-electron chi connectivity index (χ1n) is 11.8. The Bertz CT molecular complexity index is 1030. The van der Waals surface area contributed by atoms with Crippen LogP contribution in [-0.2, 0) is 17.9 Å². The summed E-state index contributed by atoms with van der Waals surface area (Å²) >= 11 is 1.44. The van der Waals surface area contributed by atoms with Gasteiger partial charge in [0.1, 0.15) is 5.82 Å². The summed E-state index contributed by atoms with van der Waals surface area (Å²) in [4.78, 5) is 15.1. The monoisotopic (exact) mass is 463 g/mol. The van der Waals surface area contributed by atoms with Crippen molar-refractivity contribution in [3.63, 3.8) is 0 Å². The number of rotatable bonds is 9. The van der Waals surface area contributed by atoms with E-state index in [9.17, 15) is 4.79 Å². The number of carbonyl (C=O) groups is 1. The molecule has 1 aromatic heterocycles. The second kappa shape index (κ2) is 11.5. The van der Waals surface area contributed by atoms with E-state index in [0.717, 1.165) is 36.3 Å². The van der Waals surface area contributed by atoms with E-state index < -0.39 is 0 Å². The summed E-state index contributed by atoms with van der Waals surface area (Å²) in [6.45, 7) is 8.05. The Morgan fingerprint density at radius 1 is 0.970 bits per heavy atom. The average Bonchev–Trinajstić information content (AvgIpc) is 3.20. The predicted octanol–water partition coefficient (Wildman–Crippen LogP) is 5.17. The van der Waals surface area contributed by atoms with Crippen molar-refractivity contribution in [1.29, 1.82) is 0 Å². The molecule has 6 nitrogen and oxygen atoms in total. The van der Waals surface area contributed by atoms with Crippen molar-refractivity contribution in [2.45, 2.75) is 57.3 Å². The lowest BCUT2D eigenvalue weighted by molar-refractivity contribution is -0.113. The van der Waals surface area contributed by atoms with E-state index in [1.807, 2.05) is 18.2 Å². The number of anilines is 1. The number of likely N-dealkylation sites (tertiary alicyclic amines) is 1. The molecule has 33 heavy (non-hydrogen) atoms. The number of amides is 1. The van der Waals surface area contributed by atoms with E-state index in [1.165, 1.54) is 42.2 Å². The molecule has 0 spiro atoms. The lowest BCUT2D eigenvalue weighted by atomic mass is 10.0. The summed E-state index contributed by atoms with van der Waals surface area (Å²) in [6, 6.07) is 18.4. The van der Waals surface area contributed by atoms with Gasteiger partial charge in [-0.05, 0) is 55.1 Å². The zero-order valence-electron chi connectivity index (χ0n) is 19.5. The number of thioether (sulfide) groups is 1. The van der Waals surface area contributed by atoms with E-state index >= 15 is 0 Å². The fraction of sp³-hybridized carbons (Fsp3) is 0.423. The minimum Gasteiger partial charge on any atom is -0.325 e. The molecule has 0 saturated carbocycles. The highest BCUT2D eigenvalue weighted by Crippen LogP contribution is 2.22. The maximum atomic E-state index is 12.6. The topological polar surface area (TPSA) is 63.1 Å². The molecule has 0 unspecified atom stereocenters. The summed E-state index contributed by atoms with van der Waals surface area (Å²) < 4.78 is 2.17. The average molecular weight is 464 g/mol. The van der Waals surface area contributed by atoms with Crippen LogP contribution in [0.2, 0.25) is 0 Å². The van der Waals surface area contributed by atoms with E-state index in [-0.39, 0.29) is 5.91 Å². The van der Waals surface area contributed by atoms with Gasteiger partial charge in [-0.25, -0.2) is 0 Å². The van der Waals surface area contributed by atoms with Crippen LogP contribution in [0.3, 0.4) is 0 Å². The maximum absolute atomic E-state index is 12.6. The van der Waals surface area contributed by atoms with Crippen molar-refractivity contribution in [2.24, 2.45) is 0 Å². The molecule has 1 aliphatic rings. The first kappa shape index (κ1) is 23.5. The third kappa shape index (κ3) is 6.68. The largest absolute Gasteiger partial charge is 0.325 e. The second-order valence-corrected chi connectivity index (χ2v) is 9.86. The number of benzene rings is 2. The van der Waals surface area contributed by atoms with Gasteiger partial charge in [0, 0.05) is 5.69 Å². The minimum absolute atomic E-state index is 0.0378. The van der Waals surface area contributed by atoms with Crippen LogP contribution in [-0.4, -0.2) is 44.4 Å². The number of nitrogens with one attached hydrogen (secondary N) is 1. The fourth-order valence-electron chi connectivity index (χ4n) is 4.06. The molecule has 1 amide bonds. The van der Waals surface area contributed by atoms with Crippen LogP contribution in [0, 0.1) is 0 Å². The normalized spacial score (nSPS) is 14.5. The van der Waals surface area contributed by atoms with E-state index in [4.69, 9.17) is 0 Å². The van der Waals surface area contributed by atoms with Gasteiger partial charge in [0.15, 0.2) is 5.16 Å². The van der Waals surface area contributed by atoms with Gasteiger partial charge in [-0.15, -0.1) is 10.2 Å². The van der Waals surface area contributed by atoms with Crippen LogP contribution in [0.4, 0.5) is 5.69 Å². The van der Waals surface area contributed by atoms with Gasteiger partial charge in [0.05, 0.1) is 18.8 Å². The molecule has 0 radical (unpaired) electrons. The Balaban J connectivity index is 1.42. The Hall–Kier alpha value is -2.64. The standard InChI is InChI=1S/C26H33N5OS/c1-20(2)22-11-13-23(14-12-22)27-25(32)19-33-26-29-28-24(18-30-15-7-4-8-16-30)31(26)17-21-9-5-3-6-10-21/h3,5-6,9-14,20H,4,7-8,15-19H2,1-2H3,(H,27,32). The third-order valence-corrected chi connectivity index (χ3v) is 6.95. The van der Waals surface area contributed by atoms with Crippen molar-refractivity contribution in [3.8, 4) is 0 Å². The van der Waals surface area contributed by atoms with E-state index in [1.54, 1.807) is 0 Å². The van der Waals surface area contributed by atoms with Gasteiger partial charge in [-0.3, -0.25) is 9.69 Å². The lowest BCUT2D eigenvalue weighted by Crippen LogP contribution is -2.30. The van der Waals surface area contributed by atoms with Gasteiger partial charge >= 0.3 is 0 Å². The number of aromatic nitrogens is 3. The summed E-state index contributed by atoms with van der Waals surface area (Å²) in [5, 5.41) is 12.8. The molecule has 4 rings (SSSR count). The number of piperidine rings is 1. The third-order valence-electron chi connectivity index (χ3n) is 5.98. The zero-order valence-corrected chi connectivity index (χ0v) is 20.4. The Morgan fingerprint density at radius 3 is 2.39 bits per heavy atom. The molecule has 2 aromatic carbocycles. The zero-order chi connectivity index (χ0) is 23.0. The first-order valence-corrected chi connectivity index (χ1v) is 12.8. The fourth-order valence-corrected chi connectivity index (χ4v) is 4.82. The van der Waals surface area contributed by atoms with Crippen molar-refractivity contribution in [2.75, 3.05) is 24.2 Å². The minimum atomic E-state index is -0.0378. The SMILES string of the molecule is CC(C)c1ccc(NC(=O)CSc2nnc(CN3CCCCC3)n2Cc2ccccc2)cc1. The smallest absolute Gasteiger partial charge is 0.234 e. The first-order chi connectivity index (χ1) is 16.1. The number of hydrogen-bond donors (Lipinski definition) is 1. The van der Waals surface area contributed by atoms with Crippen LogP contribution < -0.4 is 5.32 Å². The summed E-state index contributed by atoms with van der Waals surface area (Å²) in [6.07, 6.45) is 3.79. The van der Waals surface area contributed by atoms with Gasteiger partial charge in [-0.2, -0.15) is 0 Å². The molecule has 3 aromatic rings. The highest BCUT2D eigenvalue weighted by molar-refractivity contribution is 7.99. The molecular formula is C26H33N5OS. The highest BCUT2D eigenvalue weighted by atomic mass is 32.2. The van der Waals surface area contributed by atoms with Gasteiger partial charge < -0.3 is 9.88 Å². The van der Waals surface area contributed by atoms with Crippen LogP contribution >= 0.6 is 11.8 Å². The van der Waals surface area contributed by atoms with Crippen LogP contribution in [0.15, 0.2) is 59.8 Å². The second-order valence-electron chi connectivity index (χ2n) is 8.92. The van der Waals surface area contributed by atoms with Crippen molar-refractivity contribution in [3.05, 3.63) is 71.5 Å². The Morgan fingerprint density at radius 2 is 1.70 bits per heavy atom. The van der Waals surface area contributed by atoms with Crippen LogP contribution in [0.5, 0.6) is 0 Å². The van der Waals surface area contributed by atoms with E-state index in [2.05, 4.69) is 75.2 Å². The number of hydrogen-bond acceptors (Lipinski definition) is 5. The van der Waals surface area contributed by atoms with Gasteiger partial charge in [0.25, 0.3) is 0 Å². The predicted molar refractivity (Wildman–Crippen MR) is 135 cm³/mol. The molecule has 1 N–H and O–H groups in total. The molecule has 1 saturated heterocycles. The quantitative estimate of drug-likeness (QED) is 0.444. The summed E-state index contributed by atoms with van der Waals surface area (Å²) in [5.41, 5.74) is 3.29.